The highest BCUT2D eigenvalue weighted by atomic mass is 35.5. The van der Waals surface area contributed by atoms with Gasteiger partial charge in [-0.1, -0.05) is 29.8 Å². The summed E-state index contributed by atoms with van der Waals surface area (Å²) >= 11 is 6.24. The predicted octanol–water partition coefficient (Wildman–Crippen LogP) is 2.53. The highest BCUT2D eigenvalue weighted by molar-refractivity contribution is 6.31. The van der Waals surface area contributed by atoms with E-state index in [1.165, 1.54) is 0 Å². The Morgan fingerprint density at radius 3 is 2.79 bits per heavy atom. The fourth-order valence-electron chi connectivity index (χ4n) is 2.72. The molecule has 1 aromatic carbocycles. The van der Waals surface area contributed by atoms with E-state index in [2.05, 4.69) is 24.9 Å². The zero-order chi connectivity index (χ0) is 13.9. The number of hydrogen-bond donors (Lipinski definition) is 1. The summed E-state index contributed by atoms with van der Waals surface area (Å²) in [7, 11) is 2.12. The van der Waals surface area contributed by atoms with Crippen LogP contribution in [0.25, 0.3) is 0 Å². The van der Waals surface area contributed by atoms with Gasteiger partial charge >= 0.3 is 0 Å². The largest absolute Gasteiger partial charge is 0.381 e. The van der Waals surface area contributed by atoms with Gasteiger partial charge in [-0.05, 0) is 32.0 Å². The zero-order valence-corrected chi connectivity index (χ0v) is 12.5. The molecule has 0 aliphatic carbocycles. The lowest BCUT2D eigenvalue weighted by Crippen LogP contribution is -2.54. The van der Waals surface area contributed by atoms with Crippen LogP contribution in [0.4, 0.5) is 0 Å². The summed E-state index contributed by atoms with van der Waals surface area (Å²) in [5.41, 5.74) is 7.15. The molecule has 0 saturated carbocycles. The molecule has 2 N–H and O–H groups in total. The lowest BCUT2D eigenvalue weighted by atomic mass is 9.83. The lowest BCUT2D eigenvalue weighted by molar-refractivity contribution is 0.0609. The monoisotopic (exact) mass is 282 g/mol. The summed E-state index contributed by atoms with van der Waals surface area (Å²) in [6.07, 6.45) is 1.08. The van der Waals surface area contributed by atoms with E-state index in [1.807, 2.05) is 18.2 Å². The van der Waals surface area contributed by atoms with E-state index in [9.17, 15) is 0 Å². The molecule has 0 amide bonds. The van der Waals surface area contributed by atoms with Crippen molar-refractivity contribution in [2.24, 2.45) is 11.7 Å². The van der Waals surface area contributed by atoms with Gasteiger partial charge in [-0.25, -0.2) is 0 Å². The summed E-state index contributed by atoms with van der Waals surface area (Å²) < 4.78 is 5.52. The first-order valence-electron chi connectivity index (χ1n) is 6.80. The number of benzene rings is 1. The van der Waals surface area contributed by atoms with Gasteiger partial charge in [0.05, 0.1) is 6.61 Å². The van der Waals surface area contributed by atoms with E-state index in [4.69, 9.17) is 22.1 Å². The van der Waals surface area contributed by atoms with Crippen LogP contribution in [0.1, 0.15) is 18.9 Å². The van der Waals surface area contributed by atoms with Gasteiger partial charge in [-0.2, -0.15) is 0 Å². The molecule has 3 nitrogen and oxygen atoms in total. The standard InChI is InChI=1S/C15H23ClN2O/c1-15(11-17,13-7-8-19-10-13)18(2)9-12-5-3-4-6-14(12)16/h3-6,13H,7-11,17H2,1-2H3. The van der Waals surface area contributed by atoms with Crippen molar-refractivity contribution in [3.8, 4) is 0 Å². The van der Waals surface area contributed by atoms with Crippen molar-refractivity contribution in [1.82, 2.24) is 4.90 Å². The van der Waals surface area contributed by atoms with Crippen LogP contribution in [0.5, 0.6) is 0 Å². The van der Waals surface area contributed by atoms with Crippen molar-refractivity contribution in [1.29, 1.82) is 0 Å². The minimum absolute atomic E-state index is 0.0460. The molecule has 1 saturated heterocycles. The first kappa shape index (κ1) is 14.8. The summed E-state index contributed by atoms with van der Waals surface area (Å²) in [5, 5.41) is 0.816. The second-order valence-corrected chi connectivity index (χ2v) is 5.98. The van der Waals surface area contributed by atoms with Crippen molar-refractivity contribution in [2.45, 2.75) is 25.4 Å². The van der Waals surface area contributed by atoms with E-state index in [1.54, 1.807) is 0 Å². The number of likely N-dealkylation sites (N-methyl/N-ethyl adjacent to an activating group) is 1. The number of hydrogen-bond acceptors (Lipinski definition) is 3. The van der Waals surface area contributed by atoms with E-state index in [0.29, 0.717) is 12.5 Å². The van der Waals surface area contributed by atoms with Crippen LogP contribution in [0.3, 0.4) is 0 Å². The van der Waals surface area contributed by atoms with Crippen LogP contribution in [0.2, 0.25) is 5.02 Å². The first-order valence-corrected chi connectivity index (χ1v) is 7.18. The predicted molar refractivity (Wildman–Crippen MR) is 79.3 cm³/mol. The molecular weight excluding hydrogens is 260 g/mol. The topological polar surface area (TPSA) is 38.5 Å². The van der Waals surface area contributed by atoms with Crippen LogP contribution in [-0.4, -0.2) is 37.2 Å². The Kier molecular flexibility index (Phi) is 4.85. The molecule has 1 aliphatic heterocycles. The molecule has 0 bridgehead atoms. The molecule has 1 fully saturated rings. The van der Waals surface area contributed by atoms with Crippen LogP contribution in [0.15, 0.2) is 24.3 Å². The molecule has 4 heteroatoms. The zero-order valence-electron chi connectivity index (χ0n) is 11.7. The van der Waals surface area contributed by atoms with E-state index >= 15 is 0 Å². The third kappa shape index (κ3) is 3.11. The summed E-state index contributed by atoms with van der Waals surface area (Å²) in [6.45, 7) is 5.32. The third-order valence-corrected chi connectivity index (χ3v) is 4.83. The van der Waals surface area contributed by atoms with Crippen molar-refractivity contribution in [3.63, 3.8) is 0 Å². The Balaban J connectivity index is 2.12. The number of rotatable bonds is 5. The van der Waals surface area contributed by atoms with Gasteiger partial charge in [0.1, 0.15) is 0 Å². The van der Waals surface area contributed by atoms with Crippen LogP contribution in [0, 0.1) is 5.92 Å². The van der Waals surface area contributed by atoms with Gasteiger partial charge in [0, 0.05) is 36.2 Å². The average Bonchev–Trinajstić information content (AvgIpc) is 2.95. The highest BCUT2D eigenvalue weighted by Crippen LogP contribution is 2.31. The summed E-state index contributed by atoms with van der Waals surface area (Å²) in [4.78, 5) is 2.31. The molecule has 2 rings (SSSR count). The molecule has 2 atom stereocenters. The molecule has 1 aromatic rings. The maximum Gasteiger partial charge on any atom is 0.0513 e. The number of nitrogens with two attached hydrogens (primary N) is 1. The van der Waals surface area contributed by atoms with Gasteiger partial charge in [-0.15, -0.1) is 0 Å². The van der Waals surface area contributed by atoms with Crippen LogP contribution < -0.4 is 5.73 Å². The van der Waals surface area contributed by atoms with E-state index in [0.717, 1.165) is 36.8 Å². The highest BCUT2D eigenvalue weighted by Gasteiger charge is 2.38. The van der Waals surface area contributed by atoms with Crippen molar-refractivity contribution < 1.29 is 4.74 Å². The molecule has 106 valence electrons. The second kappa shape index (κ2) is 6.23. The SMILES string of the molecule is CN(Cc1ccccc1Cl)C(C)(CN)C1CCOC1. The smallest absolute Gasteiger partial charge is 0.0513 e. The summed E-state index contributed by atoms with van der Waals surface area (Å²) in [6, 6.07) is 7.98. The maximum atomic E-state index is 6.24. The second-order valence-electron chi connectivity index (χ2n) is 5.57. The molecule has 0 radical (unpaired) electrons. The number of nitrogens with zero attached hydrogens (tertiary/aromatic N) is 1. The molecule has 19 heavy (non-hydrogen) atoms. The third-order valence-electron chi connectivity index (χ3n) is 4.46. The van der Waals surface area contributed by atoms with Gasteiger partial charge in [0.15, 0.2) is 0 Å². The normalized spacial score (nSPS) is 22.7. The fourth-order valence-corrected chi connectivity index (χ4v) is 2.92. The molecule has 1 heterocycles. The van der Waals surface area contributed by atoms with Gasteiger partial charge < -0.3 is 10.5 Å². The molecule has 0 aromatic heterocycles. The minimum Gasteiger partial charge on any atom is -0.381 e. The van der Waals surface area contributed by atoms with E-state index < -0.39 is 0 Å². The summed E-state index contributed by atoms with van der Waals surface area (Å²) in [5.74, 6) is 0.491. The Morgan fingerprint density at radius 2 is 2.21 bits per heavy atom. The van der Waals surface area contributed by atoms with Gasteiger partial charge in [0.25, 0.3) is 0 Å². The number of ether oxygens (including phenoxy) is 1. The Labute approximate surface area is 120 Å². The lowest BCUT2D eigenvalue weighted by Gasteiger charge is -2.42. The number of halogens is 1. The van der Waals surface area contributed by atoms with Crippen LogP contribution in [-0.2, 0) is 11.3 Å². The molecule has 2 unspecified atom stereocenters. The quantitative estimate of drug-likeness (QED) is 0.902. The van der Waals surface area contributed by atoms with Gasteiger partial charge in [0.2, 0.25) is 0 Å². The molecule has 0 spiro atoms. The molecular formula is C15H23ClN2O. The Bertz CT molecular complexity index is 420. The minimum atomic E-state index is -0.0460. The maximum absolute atomic E-state index is 6.24. The Morgan fingerprint density at radius 1 is 1.47 bits per heavy atom. The van der Waals surface area contributed by atoms with Crippen molar-refractivity contribution >= 4 is 11.6 Å². The van der Waals surface area contributed by atoms with E-state index in [-0.39, 0.29) is 5.54 Å². The Hall–Kier alpha value is -0.610. The van der Waals surface area contributed by atoms with Crippen molar-refractivity contribution in [3.05, 3.63) is 34.9 Å². The molecule has 1 aliphatic rings. The average molecular weight is 283 g/mol. The fraction of sp³-hybridized carbons (Fsp3) is 0.600. The van der Waals surface area contributed by atoms with Crippen LogP contribution >= 0.6 is 11.6 Å². The first-order chi connectivity index (χ1) is 9.08. The van der Waals surface area contributed by atoms with Gasteiger partial charge in [-0.3, -0.25) is 4.90 Å². The van der Waals surface area contributed by atoms with Crippen molar-refractivity contribution in [2.75, 3.05) is 26.8 Å².